The molecule has 0 aliphatic rings. The van der Waals surface area contributed by atoms with Gasteiger partial charge in [-0.25, -0.2) is 4.39 Å². The zero-order valence-electron chi connectivity index (χ0n) is 15.8. The summed E-state index contributed by atoms with van der Waals surface area (Å²) in [7, 11) is 0. The van der Waals surface area contributed by atoms with Crippen molar-refractivity contribution in [2.24, 2.45) is 5.92 Å². The summed E-state index contributed by atoms with van der Waals surface area (Å²) in [6.45, 7) is 0.396. The third-order valence-corrected chi connectivity index (χ3v) is 4.32. The van der Waals surface area contributed by atoms with Crippen LogP contribution in [0.25, 0.3) is 0 Å². The van der Waals surface area contributed by atoms with E-state index in [4.69, 9.17) is 4.74 Å². The van der Waals surface area contributed by atoms with Crippen LogP contribution in [-0.2, 0) is 32.1 Å². The van der Waals surface area contributed by atoms with Crippen LogP contribution in [0, 0.1) is 5.92 Å². The molecule has 0 radical (unpaired) electrons. The Labute approximate surface area is 163 Å². The van der Waals surface area contributed by atoms with Crippen molar-refractivity contribution in [2.75, 3.05) is 6.67 Å². The number of ketones is 1. The van der Waals surface area contributed by atoms with Gasteiger partial charge in [0.1, 0.15) is 13.3 Å². The van der Waals surface area contributed by atoms with Crippen molar-refractivity contribution in [3.63, 3.8) is 0 Å². The number of nitrogens with one attached hydrogen (secondary N) is 1. The fraction of sp³-hybridized carbons (Fsp3) is 0.318. The maximum absolute atomic E-state index is 12.6. The summed E-state index contributed by atoms with van der Waals surface area (Å²) in [6, 6.07) is 17.5. The largest absolute Gasteiger partial charge is 0.461 e. The molecule has 0 aliphatic heterocycles. The van der Waals surface area contributed by atoms with E-state index in [2.05, 4.69) is 5.32 Å². The van der Waals surface area contributed by atoms with E-state index < -0.39 is 36.3 Å². The smallest absolute Gasteiger partial charge is 0.306 e. The normalized spacial score (nSPS) is 12.6. The summed E-state index contributed by atoms with van der Waals surface area (Å²) in [6.07, 6.45) is 0.174. The summed E-state index contributed by atoms with van der Waals surface area (Å²) in [5.41, 5.74) is 1.73. The number of carbonyl (C=O) groups excluding carboxylic acids is 3. The minimum atomic E-state index is -1.15. The molecular weight excluding hydrogens is 361 g/mol. The highest BCUT2D eigenvalue weighted by atomic mass is 19.1. The molecule has 0 aliphatic carbocycles. The molecule has 5 nitrogen and oxygen atoms in total. The lowest BCUT2D eigenvalue weighted by atomic mass is 9.95. The Hall–Kier alpha value is -3.02. The average Bonchev–Trinajstić information content (AvgIpc) is 2.72. The number of halogens is 1. The van der Waals surface area contributed by atoms with Crippen LogP contribution in [0.2, 0.25) is 0 Å². The topological polar surface area (TPSA) is 72.5 Å². The number of Topliss-reactive ketones (excluding diaryl/α,β-unsaturated/α-hetero) is 1. The Bertz CT molecular complexity index is 780. The quantitative estimate of drug-likeness (QED) is 0.638. The highest BCUT2D eigenvalue weighted by Crippen LogP contribution is 2.15. The van der Waals surface area contributed by atoms with Crippen molar-refractivity contribution >= 4 is 17.7 Å². The first kappa shape index (κ1) is 21.3. The molecule has 1 N–H and O–H groups in total. The Morgan fingerprint density at radius 2 is 1.54 bits per heavy atom. The Morgan fingerprint density at radius 1 is 0.964 bits per heavy atom. The van der Waals surface area contributed by atoms with Gasteiger partial charge in [0.2, 0.25) is 5.91 Å². The van der Waals surface area contributed by atoms with Gasteiger partial charge in [0.15, 0.2) is 5.78 Å². The number of amides is 1. The molecule has 0 aromatic heterocycles. The number of alkyl halides is 1. The summed E-state index contributed by atoms with van der Waals surface area (Å²) >= 11 is 0. The molecule has 2 rings (SSSR count). The summed E-state index contributed by atoms with van der Waals surface area (Å²) < 4.78 is 17.8. The van der Waals surface area contributed by atoms with E-state index in [1.165, 1.54) is 6.92 Å². The fourth-order valence-corrected chi connectivity index (χ4v) is 2.68. The molecule has 0 saturated carbocycles. The average molecular weight is 385 g/mol. The lowest BCUT2D eigenvalue weighted by Crippen LogP contribution is -2.43. The first-order chi connectivity index (χ1) is 13.5. The number of ether oxygens (including phenoxy) is 1. The van der Waals surface area contributed by atoms with Crippen molar-refractivity contribution in [1.82, 2.24) is 5.32 Å². The first-order valence-electron chi connectivity index (χ1n) is 9.12. The zero-order chi connectivity index (χ0) is 20.4. The number of carbonyl (C=O) groups is 3. The van der Waals surface area contributed by atoms with Crippen molar-refractivity contribution in [3.05, 3.63) is 71.8 Å². The van der Waals surface area contributed by atoms with E-state index in [0.717, 1.165) is 11.1 Å². The zero-order valence-corrected chi connectivity index (χ0v) is 15.8. The molecule has 1 amide bonds. The SMILES string of the molecule is C[C@H](NC(=O)C(CC(=O)OCc1ccccc1)Cc1ccccc1)C(=O)CF. The van der Waals surface area contributed by atoms with Gasteiger partial charge >= 0.3 is 5.97 Å². The molecule has 0 saturated heterocycles. The van der Waals surface area contributed by atoms with Gasteiger partial charge in [-0.3, -0.25) is 14.4 Å². The van der Waals surface area contributed by atoms with Crippen LogP contribution in [0.5, 0.6) is 0 Å². The molecule has 2 aromatic carbocycles. The van der Waals surface area contributed by atoms with E-state index in [9.17, 15) is 18.8 Å². The monoisotopic (exact) mass is 385 g/mol. The van der Waals surface area contributed by atoms with Crippen LogP contribution >= 0.6 is 0 Å². The van der Waals surface area contributed by atoms with Gasteiger partial charge in [-0.1, -0.05) is 60.7 Å². The highest BCUT2D eigenvalue weighted by molar-refractivity contribution is 5.91. The Morgan fingerprint density at radius 3 is 2.11 bits per heavy atom. The fourth-order valence-electron chi connectivity index (χ4n) is 2.68. The van der Waals surface area contributed by atoms with E-state index in [-0.39, 0.29) is 13.0 Å². The number of benzene rings is 2. The molecule has 0 bridgehead atoms. The predicted octanol–water partition coefficient (Wildman–Crippen LogP) is 3.02. The van der Waals surface area contributed by atoms with Gasteiger partial charge < -0.3 is 10.1 Å². The van der Waals surface area contributed by atoms with E-state index >= 15 is 0 Å². The van der Waals surface area contributed by atoms with Gasteiger partial charge in [-0.15, -0.1) is 0 Å². The molecule has 28 heavy (non-hydrogen) atoms. The number of esters is 1. The number of hydrogen-bond donors (Lipinski definition) is 1. The standard InChI is InChI=1S/C22H24FNO4/c1-16(20(25)14-23)24-22(27)19(12-17-8-4-2-5-9-17)13-21(26)28-15-18-10-6-3-7-11-18/h2-11,16,19H,12-15H2,1H3,(H,24,27)/t16-,19?/m0/s1. The molecule has 0 spiro atoms. The van der Waals surface area contributed by atoms with Crippen LogP contribution in [-0.4, -0.2) is 30.4 Å². The summed E-state index contributed by atoms with van der Waals surface area (Å²) in [5, 5.41) is 2.49. The van der Waals surface area contributed by atoms with Crippen LogP contribution in [0.4, 0.5) is 4.39 Å². The van der Waals surface area contributed by atoms with Crippen LogP contribution < -0.4 is 5.32 Å². The minimum Gasteiger partial charge on any atom is -0.461 e. The van der Waals surface area contributed by atoms with Gasteiger partial charge in [0.05, 0.1) is 18.4 Å². The van der Waals surface area contributed by atoms with Crippen LogP contribution in [0.15, 0.2) is 60.7 Å². The minimum absolute atomic E-state index is 0.121. The van der Waals surface area contributed by atoms with E-state index in [1.807, 2.05) is 60.7 Å². The van der Waals surface area contributed by atoms with Crippen molar-refractivity contribution < 1.29 is 23.5 Å². The molecule has 1 unspecified atom stereocenters. The second-order valence-corrected chi connectivity index (χ2v) is 6.57. The second kappa shape index (κ2) is 11.0. The second-order valence-electron chi connectivity index (χ2n) is 6.57. The van der Waals surface area contributed by atoms with Crippen molar-refractivity contribution in [3.8, 4) is 0 Å². The molecule has 2 atom stereocenters. The lowest BCUT2D eigenvalue weighted by molar-refractivity contribution is -0.148. The Balaban J connectivity index is 2.01. The lowest BCUT2D eigenvalue weighted by Gasteiger charge is -2.19. The van der Waals surface area contributed by atoms with Crippen LogP contribution in [0.1, 0.15) is 24.5 Å². The molecule has 148 valence electrons. The maximum atomic E-state index is 12.6. The van der Waals surface area contributed by atoms with Crippen molar-refractivity contribution in [2.45, 2.75) is 32.4 Å². The highest BCUT2D eigenvalue weighted by Gasteiger charge is 2.26. The van der Waals surface area contributed by atoms with Crippen molar-refractivity contribution in [1.29, 1.82) is 0 Å². The van der Waals surface area contributed by atoms with Gasteiger partial charge in [-0.05, 0) is 24.5 Å². The molecule has 6 heteroatoms. The first-order valence-corrected chi connectivity index (χ1v) is 9.12. The summed E-state index contributed by atoms with van der Waals surface area (Å²) in [5.74, 6) is -2.42. The van der Waals surface area contributed by atoms with Crippen LogP contribution in [0.3, 0.4) is 0 Å². The van der Waals surface area contributed by atoms with Gasteiger partial charge in [0, 0.05) is 0 Å². The molecule has 0 fully saturated rings. The van der Waals surface area contributed by atoms with Gasteiger partial charge in [-0.2, -0.15) is 0 Å². The molecule has 0 heterocycles. The molecular formula is C22H24FNO4. The predicted molar refractivity (Wildman–Crippen MR) is 103 cm³/mol. The maximum Gasteiger partial charge on any atom is 0.306 e. The third kappa shape index (κ3) is 6.95. The van der Waals surface area contributed by atoms with Gasteiger partial charge in [0.25, 0.3) is 0 Å². The van der Waals surface area contributed by atoms with E-state index in [0.29, 0.717) is 6.42 Å². The Kier molecular flexibility index (Phi) is 8.34. The van der Waals surface area contributed by atoms with E-state index in [1.54, 1.807) is 0 Å². The third-order valence-electron chi connectivity index (χ3n) is 4.32. The number of rotatable bonds is 10. The number of hydrogen-bond acceptors (Lipinski definition) is 4. The summed E-state index contributed by atoms with van der Waals surface area (Å²) in [4.78, 5) is 36.3. The molecule has 2 aromatic rings.